The highest BCUT2D eigenvalue weighted by Crippen LogP contribution is 2.10. The van der Waals surface area contributed by atoms with Gasteiger partial charge in [0.2, 0.25) is 6.54 Å². The van der Waals surface area contributed by atoms with E-state index in [1.54, 1.807) is 11.9 Å². The molecule has 0 aromatic rings. The largest absolute Gasteiger partial charge is 0.444 e. The van der Waals surface area contributed by atoms with E-state index in [4.69, 9.17) is 16.0 Å². The van der Waals surface area contributed by atoms with Crippen LogP contribution in [0.2, 0.25) is 0 Å². The SMILES string of the molecule is [C-]#[N+]C[C@H]1CN(CCN(C)C(=O)OC(C)(C)C)CCO1. The van der Waals surface area contributed by atoms with Crippen molar-refractivity contribution in [2.75, 3.05) is 46.4 Å². The molecule has 114 valence electrons. The van der Waals surface area contributed by atoms with Gasteiger partial charge in [-0.1, -0.05) is 0 Å². The van der Waals surface area contributed by atoms with Gasteiger partial charge in [0, 0.05) is 33.2 Å². The molecule has 0 bridgehead atoms. The number of nitrogens with zero attached hydrogens (tertiary/aromatic N) is 3. The van der Waals surface area contributed by atoms with E-state index in [2.05, 4.69) is 9.74 Å². The van der Waals surface area contributed by atoms with Crippen molar-refractivity contribution in [2.45, 2.75) is 32.5 Å². The molecule has 0 aliphatic carbocycles. The molecule has 0 radical (unpaired) electrons. The van der Waals surface area contributed by atoms with Crippen LogP contribution in [0.15, 0.2) is 0 Å². The van der Waals surface area contributed by atoms with Gasteiger partial charge in [-0.15, -0.1) is 0 Å². The maximum Gasteiger partial charge on any atom is 0.410 e. The molecule has 1 heterocycles. The van der Waals surface area contributed by atoms with Gasteiger partial charge in [-0.25, -0.2) is 11.4 Å². The van der Waals surface area contributed by atoms with Crippen molar-refractivity contribution < 1.29 is 14.3 Å². The number of hydrogen-bond acceptors (Lipinski definition) is 4. The van der Waals surface area contributed by atoms with Gasteiger partial charge in [-0.2, -0.15) is 0 Å². The Morgan fingerprint density at radius 2 is 2.25 bits per heavy atom. The summed E-state index contributed by atoms with van der Waals surface area (Å²) in [4.78, 5) is 19.0. The van der Waals surface area contributed by atoms with Crippen molar-refractivity contribution in [1.82, 2.24) is 9.80 Å². The highest BCUT2D eigenvalue weighted by molar-refractivity contribution is 5.67. The van der Waals surface area contributed by atoms with Crippen LogP contribution in [-0.4, -0.2) is 74.0 Å². The lowest BCUT2D eigenvalue weighted by molar-refractivity contribution is -0.0226. The maximum atomic E-state index is 11.8. The van der Waals surface area contributed by atoms with Crippen molar-refractivity contribution in [3.8, 4) is 0 Å². The first kappa shape index (κ1) is 16.7. The number of rotatable bonds is 4. The summed E-state index contributed by atoms with van der Waals surface area (Å²) in [5, 5.41) is 0. The number of likely N-dealkylation sites (N-methyl/N-ethyl adjacent to an activating group) is 1. The van der Waals surface area contributed by atoms with Crippen molar-refractivity contribution in [3.05, 3.63) is 11.4 Å². The fraction of sp³-hybridized carbons (Fsp3) is 0.857. The van der Waals surface area contributed by atoms with Crippen LogP contribution < -0.4 is 0 Å². The van der Waals surface area contributed by atoms with Crippen molar-refractivity contribution in [2.24, 2.45) is 0 Å². The Hall–Kier alpha value is -1.32. The minimum Gasteiger partial charge on any atom is -0.444 e. The number of amides is 1. The Morgan fingerprint density at radius 3 is 2.85 bits per heavy atom. The van der Waals surface area contributed by atoms with Crippen LogP contribution >= 0.6 is 0 Å². The summed E-state index contributed by atoms with van der Waals surface area (Å²) in [6.07, 6.45) is -0.309. The second kappa shape index (κ2) is 7.46. The summed E-state index contributed by atoms with van der Waals surface area (Å²) < 4.78 is 10.8. The van der Waals surface area contributed by atoms with Gasteiger partial charge < -0.3 is 19.2 Å². The molecule has 0 N–H and O–H groups in total. The van der Waals surface area contributed by atoms with Gasteiger partial charge in [0.15, 0.2) is 0 Å². The quantitative estimate of drug-likeness (QED) is 0.733. The van der Waals surface area contributed by atoms with Crippen molar-refractivity contribution in [3.63, 3.8) is 0 Å². The van der Waals surface area contributed by atoms with E-state index >= 15 is 0 Å². The average Bonchev–Trinajstić information content (AvgIpc) is 2.35. The zero-order chi connectivity index (χ0) is 15.2. The van der Waals surface area contributed by atoms with Crippen LogP contribution in [-0.2, 0) is 9.47 Å². The van der Waals surface area contributed by atoms with E-state index in [1.165, 1.54) is 0 Å². The molecule has 6 nitrogen and oxygen atoms in total. The molecule has 0 aromatic carbocycles. The molecule has 1 saturated heterocycles. The number of carbonyl (C=O) groups is 1. The summed E-state index contributed by atoms with van der Waals surface area (Å²) >= 11 is 0. The van der Waals surface area contributed by atoms with E-state index in [9.17, 15) is 4.79 Å². The Bertz CT molecular complexity index is 360. The van der Waals surface area contributed by atoms with Crippen LogP contribution in [0.1, 0.15) is 20.8 Å². The second-order valence-electron chi connectivity index (χ2n) is 6.04. The molecule has 0 aromatic heterocycles. The van der Waals surface area contributed by atoms with E-state index < -0.39 is 5.60 Å². The molecule has 1 atom stereocenters. The van der Waals surface area contributed by atoms with Crippen molar-refractivity contribution in [1.29, 1.82) is 0 Å². The lowest BCUT2D eigenvalue weighted by Gasteiger charge is -2.32. The molecule has 0 spiro atoms. The first-order valence-corrected chi connectivity index (χ1v) is 6.93. The molecular formula is C14H25N3O3. The van der Waals surface area contributed by atoms with Gasteiger partial charge in [0.05, 0.1) is 6.61 Å². The summed E-state index contributed by atoms with van der Waals surface area (Å²) in [5.74, 6) is 0. The standard InChI is InChI=1S/C14H25N3O3/c1-14(2,3)20-13(18)16(5)6-7-17-8-9-19-12(11-17)10-15-4/h12H,6-11H2,1-3,5H3/t12-/m0/s1. The fourth-order valence-corrected chi connectivity index (χ4v) is 1.92. The molecule has 20 heavy (non-hydrogen) atoms. The van der Waals surface area contributed by atoms with Gasteiger partial charge in [0.1, 0.15) is 11.7 Å². The number of ether oxygens (including phenoxy) is 2. The molecule has 1 aliphatic rings. The predicted molar refractivity (Wildman–Crippen MR) is 76.5 cm³/mol. The third-order valence-electron chi connectivity index (χ3n) is 2.97. The van der Waals surface area contributed by atoms with E-state index in [-0.39, 0.29) is 12.2 Å². The summed E-state index contributed by atoms with van der Waals surface area (Å²) in [6, 6.07) is 0. The van der Waals surface area contributed by atoms with Gasteiger partial charge in [0.25, 0.3) is 0 Å². The molecule has 1 aliphatic heterocycles. The second-order valence-corrected chi connectivity index (χ2v) is 6.04. The summed E-state index contributed by atoms with van der Waals surface area (Å²) in [7, 11) is 1.74. The first-order chi connectivity index (χ1) is 9.31. The van der Waals surface area contributed by atoms with Crippen LogP contribution in [0.3, 0.4) is 0 Å². The summed E-state index contributed by atoms with van der Waals surface area (Å²) in [6.45, 7) is 16.5. The fourth-order valence-electron chi connectivity index (χ4n) is 1.92. The molecule has 1 rings (SSSR count). The van der Waals surface area contributed by atoms with E-state index in [0.29, 0.717) is 19.7 Å². The number of hydrogen-bond donors (Lipinski definition) is 0. The highest BCUT2D eigenvalue weighted by Gasteiger charge is 2.24. The van der Waals surface area contributed by atoms with Crippen molar-refractivity contribution >= 4 is 6.09 Å². The van der Waals surface area contributed by atoms with E-state index in [1.807, 2.05) is 20.8 Å². The lowest BCUT2D eigenvalue weighted by atomic mass is 10.2. The minimum atomic E-state index is -0.467. The Morgan fingerprint density at radius 1 is 1.55 bits per heavy atom. The lowest BCUT2D eigenvalue weighted by Crippen LogP contribution is -2.47. The zero-order valence-electron chi connectivity index (χ0n) is 12.9. The zero-order valence-corrected chi connectivity index (χ0v) is 12.9. The number of morpholine rings is 1. The van der Waals surface area contributed by atoms with Crippen LogP contribution in [0.25, 0.3) is 4.85 Å². The third-order valence-corrected chi connectivity index (χ3v) is 2.97. The van der Waals surface area contributed by atoms with Gasteiger partial charge in [-0.3, -0.25) is 4.90 Å². The highest BCUT2D eigenvalue weighted by atomic mass is 16.6. The van der Waals surface area contributed by atoms with Gasteiger partial charge >= 0.3 is 6.09 Å². The molecule has 1 fully saturated rings. The topological polar surface area (TPSA) is 46.4 Å². The van der Waals surface area contributed by atoms with Gasteiger partial charge in [-0.05, 0) is 20.8 Å². The molecule has 0 saturated carbocycles. The Kier molecular flexibility index (Phi) is 6.24. The average molecular weight is 283 g/mol. The molecular weight excluding hydrogens is 258 g/mol. The molecule has 1 amide bonds. The molecule has 0 unspecified atom stereocenters. The Balaban J connectivity index is 2.32. The Labute approximate surface area is 121 Å². The first-order valence-electron chi connectivity index (χ1n) is 6.93. The normalized spacial score (nSPS) is 20.2. The molecule has 6 heteroatoms. The smallest absolute Gasteiger partial charge is 0.410 e. The van der Waals surface area contributed by atoms with E-state index in [0.717, 1.165) is 19.6 Å². The third kappa shape index (κ3) is 6.22. The summed E-state index contributed by atoms with van der Waals surface area (Å²) in [5.41, 5.74) is -0.467. The van der Waals surface area contributed by atoms with Crippen LogP contribution in [0.5, 0.6) is 0 Å². The van der Waals surface area contributed by atoms with Crippen LogP contribution in [0, 0.1) is 6.57 Å². The van der Waals surface area contributed by atoms with Crippen LogP contribution in [0.4, 0.5) is 4.79 Å². The minimum absolute atomic E-state index is 0.00640. The number of carbonyl (C=O) groups excluding carboxylic acids is 1. The predicted octanol–water partition coefficient (Wildman–Crippen LogP) is 1.47. The maximum absolute atomic E-state index is 11.8. The monoisotopic (exact) mass is 283 g/mol.